The van der Waals surface area contributed by atoms with Crippen LogP contribution in [0, 0.1) is 5.92 Å². The maximum Gasteiger partial charge on any atom is 0.410 e. The van der Waals surface area contributed by atoms with Crippen molar-refractivity contribution < 1.29 is 19.1 Å². The molecule has 0 aromatic heterocycles. The standard InChI is InChI=1S/C17H32N2O4/c1-7-22-15(20)14-12-19(16(21)23-17(4,5)6)11-10-18(14)9-8-13(2)3/h13-14H,7-12H2,1-6H3. The highest BCUT2D eigenvalue weighted by Gasteiger charge is 2.36. The van der Waals surface area contributed by atoms with Crippen LogP contribution in [0.25, 0.3) is 0 Å². The first-order valence-electron chi connectivity index (χ1n) is 8.52. The van der Waals surface area contributed by atoms with Crippen molar-refractivity contribution in [3.63, 3.8) is 0 Å². The normalized spacial score (nSPS) is 19.8. The second kappa shape index (κ2) is 8.52. The smallest absolute Gasteiger partial charge is 0.410 e. The zero-order valence-electron chi connectivity index (χ0n) is 15.4. The predicted molar refractivity (Wildman–Crippen MR) is 89.3 cm³/mol. The van der Waals surface area contributed by atoms with Crippen molar-refractivity contribution in [1.29, 1.82) is 0 Å². The van der Waals surface area contributed by atoms with Gasteiger partial charge in [-0.05, 0) is 46.6 Å². The lowest BCUT2D eigenvalue weighted by atomic mass is 10.1. The predicted octanol–water partition coefficient (Wildman–Crippen LogP) is 2.52. The van der Waals surface area contributed by atoms with Crippen molar-refractivity contribution in [2.45, 2.75) is 59.6 Å². The van der Waals surface area contributed by atoms with Crippen LogP contribution in [0.5, 0.6) is 0 Å². The number of carbonyl (C=O) groups excluding carboxylic acids is 2. The number of amides is 1. The van der Waals surface area contributed by atoms with Gasteiger partial charge in [-0.2, -0.15) is 0 Å². The van der Waals surface area contributed by atoms with E-state index in [-0.39, 0.29) is 12.1 Å². The summed E-state index contributed by atoms with van der Waals surface area (Å²) in [5.74, 6) is 0.311. The van der Waals surface area contributed by atoms with E-state index in [1.165, 1.54) is 0 Å². The third kappa shape index (κ3) is 6.77. The summed E-state index contributed by atoms with van der Waals surface area (Å²) in [6.45, 7) is 14.4. The fourth-order valence-electron chi connectivity index (χ4n) is 2.47. The van der Waals surface area contributed by atoms with Crippen molar-refractivity contribution in [3.8, 4) is 0 Å². The van der Waals surface area contributed by atoms with Crippen LogP contribution >= 0.6 is 0 Å². The van der Waals surface area contributed by atoms with Crippen LogP contribution in [0.1, 0.15) is 48.0 Å². The topological polar surface area (TPSA) is 59.1 Å². The van der Waals surface area contributed by atoms with E-state index in [9.17, 15) is 9.59 Å². The van der Waals surface area contributed by atoms with Gasteiger partial charge in [-0.1, -0.05) is 13.8 Å². The molecule has 0 aliphatic carbocycles. The first-order valence-corrected chi connectivity index (χ1v) is 8.52. The van der Waals surface area contributed by atoms with Crippen molar-refractivity contribution in [2.24, 2.45) is 5.92 Å². The molecule has 23 heavy (non-hydrogen) atoms. The first kappa shape index (κ1) is 19.7. The maximum absolute atomic E-state index is 12.3. The molecule has 0 aromatic carbocycles. The molecule has 1 rings (SSSR count). The Morgan fingerprint density at radius 1 is 1.22 bits per heavy atom. The van der Waals surface area contributed by atoms with Crippen LogP contribution in [0.3, 0.4) is 0 Å². The minimum Gasteiger partial charge on any atom is -0.465 e. The Kier molecular flexibility index (Phi) is 7.32. The summed E-state index contributed by atoms with van der Waals surface area (Å²) in [6.07, 6.45) is 0.651. The molecule has 1 saturated heterocycles. The molecule has 1 atom stereocenters. The molecule has 0 aromatic rings. The summed E-state index contributed by atoms with van der Waals surface area (Å²) in [6, 6.07) is -0.407. The summed E-state index contributed by atoms with van der Waals surface area (Å²) in [5.41, 5.74) is -0.536. The van der Waals surface area contributed by atoms with Crippen molar-refractivity contribution in [1.82, 2.24) is 9.80 Å². The Labute approximate surface area is 140 Å². The Morgan fingerprint density at radius 2 is 1.87 bits per heavy atom. The molecule has 6 nitrogen and oxygen atoms in total. The van der Waals surface area contributed by atoms with Crippen LogP contribution in [0.4, 0.5) is 4.79 Å². The molecule has 0 radical (unpaired) electrons. The van der Waals surface area contributed by atoms with Crippen molar-refractivity contribution in [2.75, 3.05) is 32.8 Å². The van der Waals surface area contributed by atoms with Gasteiger partial charge in [0.25, 0.3) is 0 Å². The van der Waals surface area contributed by atoms with E-state index in [1.54, 1.807) is 11.8 Å². The fourth-order valence-corrected chi connectivity index (χ4v) is 2.47. The molecule has 0 spiro atoms. The summed E-state index contributed by atoms with van der Waals surface area (Å²) in [7, 11) is 0. The summed E-state index contributed by atoms with van der Waals surface area (Å²) in [5, 5.41) is 0. The number of piperazine rings is 1. The minimum atomic E-state index is -0.536. The molecule has 1 aliphatic heterocycles. The van der Waals surface area contributed by atoms with E-state index in [0.717, 1.165) is 13.0 Å². The third-order valence-electron chi connectivity index (χ3n) is 3.70. The van der Waals surface area contributed by atoms with Crippen LogP contribution in [-0.2, 0) is 14.3 Å². The number of esters is 1. The zero-order chi connectivity index (χ0) is 17.6. The molecule has 0 saturated carbocycles. The second-order valence-corrected chi connectivity index (χ2v) is 7.41. The molecular weight excluding hydrogens is 296 g/mol. The molecular formula is C17H32N2O4. The van der Waals surface area contributed by atoms with E-state index in [4.69, 9.17) is 9.47 Å². The van der Waals surface area contributed by atoms with Gasteiger partial charge < -0.3 is 14.4 Å². The van der Waals surface area contributed by atoms with E-state index < -0.39 is 11.6 Å². The van der Waals surface area contributed by atoms with E-state index in [1.807, 2.05) is 20.8 Å². The molecule has 6 heteroatoms. The van der Waals surface area contributed by atoms with Crippen LogP contribution in [0.15, 0.2) is 0 Å². The number of rotatable bonds is 5. The van der Waals surface area contributed by atoms with Gasteiger partial charge in [-0.3, -0.25) is 9.69 Å². The number of ether oxygens (including phenoxy) is 2. The molecule has 134 valence electrons. The van der Waals surface area contributed by atoms with Crippen molar-refractivity contribution in [3.05, 3.63) is 0 Å². The van der Waals surface area contributed by atoms with Gasteiger partial charge in [0.2, 0.25) is 0 Å². The Balaban J connectivity index is 2.73. The highest BCUT2D eigenvalue weighted by atomic mass is 16.6. The number of carbonyl (C=O) groups is 2. The lowest BCUT2D eigenvalue weighted by Gasteiger charge is -2.40. The molecule has 1 amide bonds. The van der Waals surface area contributed by atoms with Crippen LogP contribution in [0.2, 0.25) is 0 Å². The minimum absolute atomic E-state index is 0.260. The quantitative estimate of drug-likeness (QED) is 0.726. The van der Waals surface area contributed by atoms with Gasteiger partial charge in [-0.25, -0.2) is 4.79 Å². The first-order chi connectivity index (χ1) is 10.6. The monoisotopic (exact) mass is 328 g/mol. The zero-order valence-corrected chi connectivity index (χ0v) is 15.4. The summed E-state index contributed by atoms with van der Waals surface area (Å²) in [4.78, 5) is 28.2. The Hall–Kier alpha value is -1.30. The average Bonchev–Trinajstić information content (AvgIpc) is 2.43. The largest absolute Gasteiger partial charge is 0.465 e. The third-order valence-corrected chi connectivity index (χ3v) is 3.70. The highest BCUT2D eigenvalue weighted by molar-refractivity contribution is 5.78. The number of nitrogens with zero attached hydrogens (tertiary/aromatic N) is 2. The van der Waals surface area contributed by atoms with E-state index in [0.29, 0.717) is 32.2 Å². The van der Waals surface area contributed by atoms with Crippen LogP contribution in [-0.4, -0.2) is 66.3 Å². The second-order valence-electron chi connectivity index (χ2n) is 7.41. The highest BCUT2D eigenvalue weighted by Crippen LogP contribution is 2.17. The number of hydrogen-bond donors (Lipinski definition) is 0. The summed E-state index contributed by atoms with van der Waals surface area (Å²) < 4.78 is 10.6. The molecule has 0 bridgehead atoms. The molecule has 1 unspecified atom stereocenters. The van der Waals surface area contributed by atoms with Gasteiger partial charge in [0, 0.05) is 13.1 Å². The van der Waals surface area contributed by atoms with Gasteiger partial charge >= 0.3 is 12.1 Å². The molecule has 1 fully saturated rings. The number of hydrogen-bond acceptors (Lipinski definition) is 5. The Bertz CT molecular complexity index is 404. The molecule has 1 heterocycles. The van der Waals surface area contributed by atoms with Crippen molar-refractivity contribution >= 4 is 12.1 Å². The lowest BCUT2D eigenvalue weighted by Crippen LogP contribution is -2.58. The SMILES string of the molecule is CCOC(=O)C1CN(C(=O)OC(C)(C)C)CCN1CCC(C)C. The molecule has 0 N–H and O–H groups in total. The van der Waals surface area contributed by atoms with Gasteiger partial charge in [0.05, 0.1) is 13.2 Å². The summed E-state index contributed by atoms with van der Waals surface area (Å²) >= 11 is 0. The average molecular weight is 328 g/mol. The fraction of sp³-hybridized carbons (Fsp3) is 0.882. The van der Waals surface area contributed by atoms with Gasteiger partial charge in [-0.15, -0.1) is 0 Å². The van der Waals surface area contributed by atoms with Crippen LogP contribution < -0.4 is 0 Å². The van der Waals surface area contributed by atoms with E-state index >= 15 is 0 Å². The van der Waals surface area contributed by atoms with E-state index in [2.05, 4.69) is 18.7 Å². The molecule has 1 aliphatic rings. The van der Waals surface area contributed by atoms with Gasteiger partial charge in [0.15, 0.2) is 0 Å². The van der Waals surface area contributed by atoms with Gasteiger partial charge in [0.1, 0.15) is 11.6 Å². The lowest BCUT2D eigenvalue weighted by molar-refractivity contribution is -0.152. The Morgan fingerprint density at radius 3 is 2.39 bits per heavy atom. The maximum atomic E-state index is 12.3.